The van der Waals surface area contributed by atoms with E-state index in [9.17, 15) is 4.39 Å². The molecule has 0 aromatic heterocycles. The van der Waals surface area contributed by atoms with Crippen LogP contribution in [0.1, 0.15) is 29.9 Å². The molecular weight excluding hydrogens is 329 g/mol. The number of rotatable bonds is 6. The molecule has 2 aromatic rings. The van der Waals surface area contributed by atoms with Crippen LogP contribution in [0, 0.1) is 5.82 Å². The largest absolute Gasteiger partial charge is 0.313 e. The Morgan fingerprint density at radius 2 is 1.81 bits per heavy atom. The fraction of sp³-hybridized carbons (Fsp3) is 0.333. The summed E-state index contributed by atoms with van der Waals surface area (Å²) in [5.74, 6) is 0.196. The molecule has 0 amide bonds. The smallest absolute Gasteiger partial charge is 0.126 e. The molecule has 2 aromatic carbocycles. The van der Waals surface area contributed by atoms with Gasteiger partial charge in [-0.05, 0) is 48.6 Å². The van der Waals surface area contributed by atoms with E-state index in [4.69, 9.17) is 0 Å². The molecule has 0 radical (unpaired) electrons. The fourth-order valence-corrected chi connectivity index (χ4v) is 2.83. The first kappa shape index (κ1) is 14.7. The SMILES string of the molecule is Fc1ccccc1CC(CNC1CC1)c1ccc(Br)cc1. The Labute approximate surface area is 133 Å². The summed E-state index contributed by atoms with van der Waals surface area (Å²) in [5, 5.41) is 3.58. The maximum absolute atomic E-state index is 13.9. The zero-order valence-corrected chi connectivity index (χ0v) is 13.4. The van der Waals surface area contributed by atoms with E-state index in [2.05, 4.69) is 45.5 Å². The van der Waals surface area contributed by atoms with E-state index in [1.807, 2.05) is 12.1 Å². The van der Waals surface area contributed by atoms with E-state index in [1.54, 1.807) is 12.1 Å². The second kappa shape index (κ2) is 6.71. The molecule has 0 aliphatic heterocycles. The summed E-state index contributed by atoms with van der Waals surface area (Å²) < 4.78 is 15.0. The zero-order valence-electron chi connectivity index (χ0n) is 11.9. The third-order valence-electron chi connectivity index (χ3n) is 4.00. The molecule has 0 bridgehead atoms. The predicted molar refractivity (Wildman–Crippen MR) is 88.0 cm³/mol. The molecule has 110 valence electrons. The molecule has 1 nitrogen and oxygen atoms in total. The molecule has 1 aliphatic rings. The van der Waals surface area contributed by atoms with Crippen molar-refractivity contribution in [3.05, 3.63) is 69.9 Å². The maximum Gasteiger partial charge on any atom is 0.126 e. The van der Waals surface area contributed by atoms with Crippen LogP contribution in [0.5, 0.6) is 0 Å². The van der Waals surface area contributed by atoms with Crippen LogP contribution in [0.4, 0.5) is 4.39 Å². The van der Waals surface area contributed by atoms with Gasteiger partial charge in [0.25, 0.3) is 0 Å². The van der Waals surface area contributed by atoms with Crippen LogP contribution in [-0.2, 0) is 6.42 Å². The molecule has 1 fully saturated rings. The van der Waals surface area contributed by atoms with E-state index in [0.29, 0.717) is 12.0 Å². The normalized spacial score (nSPS) is 15.9. The highest BCUT2D eigenvalue weighted by molar-refractivity contribution is 9.10. The van der Waals surface area contributed by atoms with Gasteiger partial charge < -0.3 is 5.32 Å². The molecule has 0 saturated heterocycles. The van der Waals surface area contributed by atoms with Gasteiger partial charge in [0, 0.05) is 23.0 Å². The van der Waals surface area contributed by atoms with E-state index >= 15 is 0 Å². The number of nitrogens with one attached hydrogen (secondary N) is 1. The van der Waals surface area contributed by atoms with Crippen molar-refractivity contribution in [1.29, 1.82) is 0 Å². The molecule has 3 heteroatoms. The minimum Gasteiger partial charge on any atom is -0.313 e. The molecule has 0 spiro atoms. The van der Waals surface area contributed by atoms with Gasteiger partial charge in [-0.2, -0.15) is 0 Å². The number of hydrogen-bond acceptors (Lipinski definition) is 1. The second-order valence-electron chi connectivity index (χ2n) is 5.73. The van der Waals surface area contributed by atoms with Gasteiger partial charge in [-0.25, -0.2) is 4.39 Å². The first-order valence-corrected chi connectivity index (χ1v) is 8.24. The molecular formula is C18H19BrFN. The van der Waals surface area contributed by atoms with Gasteiger partial charge in [0.05, 0.1) is 0 Å². The Morgan fingerprint density at radius 1 is 1.10 bits per heavy atom. The van der Waals surface area contributed by atoms with Crippen LogP contribution in [0.3, 0.4) is 0 Å². The molecule has 1 saturated carbocycles. The first-order valence-electron chi connectivity index (χ1n) is 7.44. The van der Waals surface area contributed by atoms with E-state index in [-0.39, 0.29) is 5.82 Å². The molecule has 1 atom stereocenters. The van der Waals surface area contributed by atoms with Crippen molar-refractivity contribution in [3.8, 4) is 0 Å². The summed E-state index contributed by atoms with van der Waals surface area (Å²) in [5.41, 5.74) is 2.05. The van der Waals surface area contributed by atoms with Crippen LogP contribution >= 0.6 is 15.9 Å². The Bertz CT molecular complexity index is 592. The highest BCUT2D eigenvalue weighted by Gasteiger charge is 2.23. The Balaban J connectivity index is 1.77. The fourth-order valence-electron chi connectivity index (χ4n) is 2.57. The van der Waals surface area contributed by atoms with Crippen molar-refractivity contribution in [3.63, 3.8) is 0 Å². The van der Waals surface area contributed by atoms with Crippen molar-refractivity contribution in [1.82, 2.24) is 5.32 Å². The summed E-state index contributed by atoms with van der Waals surface area (Å²) in [4.78, 5) is 0. The van der Waals surface area contributed by atoms with Crippen LogP contribution in [-0.4, -0.2) is 12.6 Å². The van der Waals surface area contributed by atoms with Gasteiger partial charge in [0.15, 0.2) is 0 Å². The second-order valence-corrected chi connectivity index (χ2v) is 6.64. The highest BCUT2D eigenvalue weighted by atomic mass is 79.9. The van der Waals surface area contributed by atoms with Gasteiger partial charge in [0.1, 0.15) is 5.82 Å². The van der Waals surface area contributed by atoms with E-state index in [0.717, 1.165) is 23.0 Å². The van der Waals surface area contributed by atoms with Crippen molar-refractivity contribution in [2.75, 3.05) is 6.54 Å². The Hall–Kier alpha value is -1.19. The maximum atomic E-state index is 13.9. The zero-order chi connectivity index (χ0) is 14.7. The standard InChI is InChI=1S/C18H19BrFN/c19-16-7-5-13(6-8-16)15(12-21-17-9-10-17)11-14-3-1-2-4-18(14)20/h1-8,15,17,21H,9-12H2. The Morgan fingerprint density at radius 3 is 2.48 bits per heavy atom. The minimum absolute atomic E-state index is 0.106. The van der Waals surface area contributed by atoms with Gasteiger partial charge >= 0.3 is 0 Å². The lowest BCUT2D eigenvalue weighted by molar-refractivity contribution is 0.552. The molecule has 1 N–H and O–H groups in total. The van der Waals surface area contributed by atoms with Crippen LogP contribution < -0.4 is 5.32 Å². The number of hydrogen-bond donors (Lipinski definition) is 1. The number of benzene rings is 2. The average molecular weight is 348 g/mol. The third kappa shape index (κ3) is 4.14. The minimum atomic E-state index is -0.106. The average Bonchev–Trinajstić information content (AvgIpc) is 3.31. The highest BCUT2D eigenvalue weighted by Crippen LogP contribution is 2.26. The lowest BCUT2D eigenvalue weighted by Gasteiger charge is -2.19. The van der Waals surface area contributed by atoms with Crippen molar-refractivity contribution < 1.29 is 4.39 Å². The topological polar surface area (TPSA) is 12.0 Å². The summed E-state index contributed by atoms with van der Waals surface area (Å²) in [6.07, 6.45) is 3.27. The lowest BCUT2D eigenvalue weighted by atomic mass is 9.91. The summed E-state index contributed by atoms with van der Waals surface area (Å²) in [6, 6.07) is 16.1. The van der Waals surface area contributed by atoms with Crippen molar-refractivity contribution >= 4 is 15.9 Å². The third-order valence-corrected chi connectivity index (χ3v) is 4.52. The Kier molecular flexibility index (Phi) is 4.71. The van der Waals surface area contributed by atoms with E-state index < -0.39 is 0 Å². The van der Waals surface area contributed by atoms with Gasteiger partial charge in [-0.15, -0.1) is 0 Å². The van der Waals surface area contributed by atoms with Crippen LogP contribution in [0.25, 0.3) is 0 Å². The number of halogens is 2. The molecule has 1 unspecified atom stereocenters. The first-order chi connectivity index (χ1) is 10.2. The van der Waals surface area contributed by atoms with Gasteiger partial charge in [-0.1, -0.05) is 46.3 Å². The van der Waals surface area contributed by atoms with Gasteiger partial charge in [-0.3, -0.25) is 0 Å². The van der Waals surface area contributed by atoms with Crippen molar-refractivity contribution in [2.24, 2.45) is 0 Å². The summed E-state index contributed by atoms with van der Waals surface area (Å²) >= 11 is 3.47. The molecule has 3 rings (SSSR count). The molecule has 1 aliphatic carbocycles. The van der Waals surface area contributed by atoms with Gasteiger partial charge in [0.2, 0.25) is 0 Å². The molecule has 0 heterocycles. The lowest BCUT2D eigenvalue weighted by Crippen LogP contribution is -2.25. The van der Waals surface area contributed by atoms with E-state index in [1.165, 1.54) is 18.4 Å². The van der Waals surface area contributed by atoms with Crippen molar-refractivity contribution in [2.45, 2.75) is 31.2 Å². The monoisotopic (exact) mass is 347 g/mol. The van der Waals surface area contributed by atoms with Crippen LogP contribution in [0.2, 0.25) is 0 Å². The quantitative estimate of drug-likeness (QED) is 0.800. The summed E-state index contributed by atoms with van der Waals surface area (Å²) in [7, 11) is 0. The summed E-state index contributed by atoms with van der Waals surface area (Å²) in [6.45, 7) is 0.903. The predicted octanol–water partition coefficient (Wildman–Crippen LogP) is 4.67. The molecule has 21 heavy (non-hydrogen) atoms. The van der Waals surface area contributed by atoms with Crippen LogP contribution in [0.15, 0.2) is 53.0 Å².